The van der Waals surface area contributed by atoms with Crippen molar-refractivity contribution in [2.24, 2.45) is 0 Å². The first-order chi connectivity index (χ1) is 9.88. The van der Waals surface area contributed by atoms with Crippen molar-refractivity contribution in [1.29, 1.82) is 0 Å². The summed E-state index contributed by atoms with van der Waals surface area (Å²) in [6.45, 7) is 5.00. The Morgan fingerprint density at radius 3 is 2.57 bits per heavy atom. The maximum absolute atomic E-state index is 12.1. The second kappa shape index (κ2) is 6.05. The smallest absolute Gasteiger partial charge is 0.232 e. The van der Waals surface area contributed by atoms with E-state index in [2.05, 4.69) is 6.92 Å². The number of carbonyl (C=O) groups is 1. The fraction of sp³-hybridized carbons (Fsp3) is 0.533. The number of nitrogens with zero attached hydrogens (tertiary/aromatic N) is 2. The fourth-order valence-corrected chi connectivity index (χ4v) is 3.66. The van der Waals surface area contributed by atoms with Gasteiger partial charge in [0.05, 0.1) is 18.4 Å². The second-order valence-electron chi connectivity index (χ2n) is 5.32. The standard InChI is InChI=1S/C15H22N2O3S/c1-4-6-9-16-14-8-7-13(10-12(14)11-15(16)18)17(5-2)21(3,19)20/h7-8,10H,4-6,9,11H2,1-3H3. The van der Waals surface area contributed by atoms with Crippen LogP contribution in [0.1, 0.15) is 32.3 Å². The Bertz CT molecular complexity index is 640. The molecule has 1 aromatic carbocycles. The number of fused-ring (bicyclic) bond motifs is 1. The van der Waals surface area contributed by atoms with E-state index in [9.17, 15) is 13.2 Å². The highest BCUT2D eigenvalue weighted by molar-refractivity contribution is 7.92. The third-order valence-electron chi connectivity index (χ3n) is 3.71. The van der Waals surface area contributed by atoms with Crippen LogP contribution in [-0.4, -0.2) is 33.7 Å². The SMILES string of the molecule is CCCCN1C(=O)Cc2cc(N(CC)S(C)(=O)=O)ccc21. The normalized spacial score (nSPS) is 14.4. The van der Waals surface area contributed by atoms with Crippen LogP contribution in [0, 0.1) is 0 Å². The van der Waals surface area contributed by atoms with E-state index in [1.807, 2.05) is 12.1 Å². The van der Waals surface area contributed by atoms with Gasteiger partial charge in [0.25, 0.3) is 0 Å². The quantitative estimate of drug-likeness (QED) is 0.809. The molecule has 0 unspecified atom stereocenters. The summed E-state index contributed by atoms with van der Waals surface area (Å²) in [6, 6.07) is 5.46. The minimum Gasteiger partial charge on any atom is -0.312 e. The Labute approximate surface area is 126 Å². The van der Waals surface area contributed by atoms with Gasteiger partial charge in [-0.2, -0.15) is 0 Å². The zero-order valence-electron chi connectivity index (χ0n) is 12.8. The lowest BCUT2D eigenvalue weighted by Crippen LogP contribution is -2.29. The number of amides is 1. The maximum Gasteiger partial charge on any atom is 0.232 e. The van der Waals surface area contributed by atoms with Crippen molar-refractivity contribution < 1.29 is 13.2 Å². The molecule has 2 rings (SSSR count). The molecule has 1 aromatic rings. The van der Waals surface area contributed by atoms with Crippen LogP contribution in [0.4, 0.5) is 11.4 Å². The van der Waals surface area contributed by atoms with Crippen LogP contribution in [0.15, 0.2) is 18.2 Å². The summed E-state index contributed by atoms with van der Waals surface area (Å²) in [5, 5.41) is 0. The Morgan fingerprint density at radius 2 is 2.00 bits per heavy atom. The molecular formula is C15H22N2O3S. The van der Waals surface area contributed by atoms with Crippen molar-refractivity contribution in [3.05, 3.63) is 23.8 Å². The van der Waals surface area contributed by atoms with Crippen LogP contribution < -0.4 is 9.21 Å². The third kappa shape index (κ3) is 3.20. The predicted octanol–water partition coefficient (Wildman–Crippen LogP) is 2.16. The van der Waals surface area contributed by atoms with Gasteiger partial charge in [0.2, 0.25) is 15.9 Å². The molecule has 1 heterocycles. The minimum atomic E-state index is -3.29. The molecular weight excluding hydrogens is 288 g/mol. The van der Waals surface area contributed by atoms with Crippen molar-refractivity contribution in [2.75, 3.05) is 28.6 Å². The number of unbranched alkanes of at least 4 members (excludes halogenated alkanes) is 1. The molecule has 0 spiro atoms. The molecule has 1 aliphatic heterocycles. The Balaban J connectivity index is 2.33. The summed E-state index contributed by atoms with van der Waals surface area (Å²) in [5.74, 6) is 0.0954. The van der Waals surface area contributed by atoms with Gasteiger partial charge in [-0.1, -0.05) is 13.3 Å². The first-order valence-corrected chi connectivity index (χ1v) is 9.14. The van der Waals surface area contributed by atoms with Gasteiger partial charge in [-0.3, -0.25) is 9.10 Å². The van der Waals surface area contributed by atoms with E-state index in [0.717, 1.165) is 30.6 Å². The van der Waals surface area contributed by atoms with Gasteiger partial charge < -0.3 is 4.90 Å². The van der Waals surface area contributed by atoms with Crippen molar-refractivity contribution >= 4 is 27.3 Å². The van der Waals surface area contributed by atoms with Gasteiger partial charge in [-0.05, 0) is 37.1 Å². The first kappa shape index (κ1) is 15.8. The minimum absolute atomic E-state index is 0.0954. The van der Waals surface area contributed by atoms with Crippen molar-refractivity contribution in [2.45, 2.75) is 33.1 Å². The number of anilines is 2. The average molecular weight is 310 g/mol. The number of carbonyl (C=O) groups excluding carboxylic acids is 1. The molecule has 5 nitrogen and oxygen atoms in total. The average Bonchev–Trinajstić information content (AvgIpc) is 2.70. The largest absolute Gasteiger partial charge is 0.312 e. The zero-order valence-corrected chi connectivity index (χ0v) is 13.6. The lowest BCUT2D eigenvalue weighted by atomic mass is 10.1. The molecule has 0 aliphatic carbocycles. The number of hydrogen-bond donors (Lipinski definition) is 0. The van der Waals surface area contributed by atoms with Crippen LogP contribution in [0.2, 0.25) is 0 Å². The third-order valence-corrected chi connectivity index (χ3v) is 4.98. The molecule has 0 atom stereocenters. The van der Waals surface area contributed by atoms with Crippen molar-refractivity contribution in [3.63, 3.8) is 0 Å². The molecule has 6 heteroatoms. The van der Waals surface area contributed by atoms with Gasteiger partial charge >= 0.3 is 0 Å². The number of rotatable bonds is 6. The monoisotopic (exact) mass is 310 g/mol. The van der Waals surface area contributed by atoms with E-state index < -0.39 is 10.0 Å². The molecule has 21 heavy (non-hydrogen) atoms. The van der Waals surface area contributed by atoms with E-state index in [4.69, 9.17) is 0 Å². The molecule has 0 radical (unpaired) electrons. The lowest BCUT2D eigenvalue weighted by Gasteiger charge is -2.22. The van der Waals surface area contributed by atoms with Crippen LogP contribution in [0.5, 0.6) is 0 Å². The highest BCUT2D eigenvalue weighted by Crippen LogP contribution is 2.33. The molecule has 116 valence electrons. The molecule has 1 amide bonds. The van der Waals surface area contributed by atoms with E-state index in [-0.39, 0.29) is 5.91 Å². The Hall–Kier alpha value is -1.56. The van der Waals surface area contributed by atoms with Crippen molar-refractivity contribution in [1.82, 2.24) is 0 Å². The number of benzene rings is 1. The van der Waals surface area contributed by atoms with E-state index >= 15 is 0 Å². The second-order valence-corrected chi connectivity index (χ2v) is 7.22. The highest BCUT2D eigenvalue weighted by Gasteiger charge is 2.28. The van der Waals surface area contributed by atoms with E-state index in [1.54, 1.807) is 17.9 Å². The number of sulfonamides is 1. The van der Waals surface area contributed by atoms with Crippen LogP contribution in [-0.2, 0) is 21.2 Å². The van der Waals surface area contributed by atoms with Crippen LogP contribution >= 0.6 is 0 Å². The van der Waals surface area contributed by atoms with Crippen LogP contribution in [0.3, 0.4) is 0 Å². The topological polar surface area (TPSA) is 57.7 Å². The van der Waals surface area contributed by atoms with Gasteiger partial charge in [0.15, 0.2) is 0 Å². The zero-order chi connectivity index (χ0) is 15.6. The van der Waals surface area contributed by atoms with Crippen LogP contribution in [0.25, 0.3) is 0 Å². The molecule has 1 aliphatic rings. The molecule has 0 saturated heterocycles. The predicted molar refractivity (Wildman–Crippen MR) is 85.3 cm³/mol. The number of hydrogen-bond acceptors (Lipinski definition) is 3. The maximum atomic E-state index is 12.1. The summed E-state index contributed by atoms with van der Waals surface area (Å²) in [7, 11) is -3.29. The highest BCUT2D eigenvalue weighted by atomic mass is 32.2. The summed E-state index contributed by atoms with van der Waals surface area (Å²) < 4.78 is 24.9. The molecule has 0 N–H and O–H groups in total. The van der Waals surface area contributed by atoms with Gasteiger partial charge in [-0.25, -0.2) is 8.42 Å². The Kier molecular flexibility index (Phi) is 4.56. The van der Waals surface area contributed by atoms with E-state index in [0.29, 0.717) is 18.7 Å². The van der Waals surface area contributed by atoms with Crippen molar-refractivity contribution in [3.8, 4) is 0 Å². The molecule has 0 fully saturated rings. The summed E-state index contributed by atoms with van der Waals surface area (Å²) in [4.78, 5) is 13.9. The lowest BCUT2D eigenvalue weighted by molar-refractivity contribution is -0.117. The van der Waals surface area contributed by atoms with Gasteiger partial charge in [-0.15, -0.1) is 0 Å². The van der Waals surface area contributed by atoms with Gasteiger partial charge in [0.1, 0.15) is 0 Å². The summed E-state index contributed by atoms with van der Waals surface area (Å²) in [5.41, 5.74) is 2.46. The summed E-state index contributed by atoms with van der Waals surface area (Å²) >= 11 is 0. The summed E-state index contributed by atoms with van der Waals surface area (Å²) in [6.07, 6.45) is 3.56. The first-order valence-electron chi connectivity index (χ1n) is 7.29. The van der Waals surface area contributed by atoms with Gasteiger partial charge in [0, 0.05) is 18.8 Å². The molecule has 0 bridgehead atoms. The van der Waals surface area contributed by atoms with E-state index in [1.165, 1.54) is 10.6 Å². The molecule has 0 aromatic heterocycles. The Morgan fingerprint density at radius 1 is 1.29 bits per heavy atom. The molecule has 0 saturated carbocycles. The fourth-order valence-electron chi connectivity index (χ4n) is 2.69.